The van der Waals surface area contributed by atoms with Gasteiger partial charge in [-0.2, -0.15) is 0 Å². The summed E-state index contributed by atoms with van der Waals surface area (Å²) in [6.45, 7) is 7.66. The molecular formula is C30H43N9O5. The van der Waals surface area contributed by atoms with Crippen LogP contribution in [0.2, 0.25) is 0 Å². The van der Waals surface area contributed by atoms with Crippen molar-refractivity contribution >= 4 is 28.5 Å². The molecule has 2 amide bonds. The third-order valence-corrected chi connectivity index (χ3v) is 8.52. The van der Waals surface area contributed by atoms with Crippen molar-refractivity contribution < 1.29 is 23.8 Å². The zero-order valence-electron chi connectivity index (χ0n) is 26.1. The van der Waals surface area contributed by atoms with E-state index in [-0.39, 0.29) is 24.7 Å². The monoisotopic (exact) mass is 609 g/mol. The van der Waals surface area contributed by atoms with Crippen LogP contribution in [0.5, 0.6) is 17.2 Å². The molecule has 1 N–H and O–H groups in total. The Kier molecular flexibility index (Phi) is 10.3. The van der Waals surface area contributed by atoms with Gasteiger partial charge in [-0.3, -0.25) is 14.5 Å². The van der Waals surface area contributed by atoms with Crippen molar-refractivity contribution in [2.75, 3.05) is 72.0 Å². The first-order valence-corrected chi connectivity index (χ1v) is 15.3. The number of methoxy groups -OCH3 is 3. The summed E-state index contributed by atoms with van der Waals surface area (Å²) >= 11 is 0. The van der Waals surface area contributed by atoms with Crippen LogP contribution in [-0.2, 0) is 22.7 Å². The lowest BCUT2D eigenvalue weighted by molar-refractivity contribution is -0.132. The van der Waals surface area contributed by atoms with Crippen LogP contribution in [0.3, 0.4) is 0 Å². The number of amides is 2. The molecule has 0 spiro atoms. The second kappa shape index (κ2) is 14.5. The Hall–Kier alpha value is -4.20. The fourth-order valence-corrected chi connectivity index (χ4v) is 6.08. The number of pyridine rings is 1. The van der Waals surface area contributed by atoms with Gasteiger partial charge in [-0.25, -0.2) is 9.67 Å². The van der Waals surface area contributed by atoms with E-state index < -0.39 is 0 Å². The number of anilines is 1. The van der Waals surface area contributed by atoms with Crippen LogP contribution >= 0.6 is 0 Å². The molecule has 1 saturated heterocycles. The second-order valence-corrected chi connectivity index (χ2v) is 11.3. The highest BCUT2D eigenvalue weighted by Crippen LogP contribution is 2.44. The molecule has 1 unspecified atom stereocenters. The van der Waals surface area contributed by atoms with E-state index in [0.717, 1.165) is 54.8 Å². The predicted molar refractivity (Wildman–Crippen MR) is 164 cm³/mol. The third kappa shape index (κ3) is 7.12. The van der Waals surface area contributed by atoms with Gasteiger partial charge in [0, 0.05) is 75.7 Å². The van der Waals surface area contributed by atoms with E-state index in [2.05, 4.69) is 43.6 Å². The van der Waals surface area contributed by atoms with Crippen LogP contribution in [0, 0.1) is 5.92 Å². The van der Waals surface area contributed by atoms with Gasteiger partial charge in [-0.15, -0.1) is 5.10 Å². The van der Waals surface area contributed by atoms with E-state index in [4.69, 9.17) is 19.2 Å². The summed E-state index contributed by atoms with van der Waals surface area (Å²) in [7, 11) is 4.83. The van der Waals surface area contributed by atoms with Gasteiger partial charge in [0.25, 0.3) is 0 Å². The number of tetrazole rings is 1. The minimum atomic E-state index is -0.0414. The number of nitrogens with zero attached hydrogens (tertiary/aromatic N) is 8. The number of aromatic nitrogens is 5. The molecule has 4 heterocycles. The number of nitrogens with one attached hydrogen (secondary N) is 1. The van der Waals surface area contributed by atoms with Crippen LogP contribution in [0.25, 0.3) is 10.9 Å². The number of hydrogen-bond donors (Lipinski definition) is 1. The number of carbonyl (C=O) groups is 2. The van der Waals surface area contributed by atoms with Crippen LogP contribution < -0.4 is 24.4 Å². The number of carbonyl (C=O) groups excluding carboxylic acids is 2. The quantitative estimate of drug-likeness (QED) is 0.419. The molecule has 1 aromatic carbocycles. The van der Waals surface area contributed by atoms with Crippen LogP contribution in [0.1, 0.15) is 38.2 Å². The molecular weight excluding hydrogens is 566 g/mol. The van der Waals surface area contributed by atoms with Crippen molar-refractivity contribution in [3.63, 3.8) is 0 Å². The average molecular weight is 610 g/mol. The Labute approximate surface area is 257 Å². The number of rotatable bonds is 7. The Morgan fingerprint density at radius 3 is 2.64 bits per heavy atom. The molecule has 44 heavy (non-hydrogen) atoms. The summed E-state index contributed by atoms with van der Waals surface area (Å²) in [5, 5.41) is 15.1. The van der Waals surface area contributed by atoms with Crippen LogP contribution in [-0.4, -0.2) is 114 Å². The summed E-state index contributed by atoms with van der Waals surface area (Å²) in [4.78, 5) is 37.8. The maximum atomic E-state index is 13.3. The third-order valence-electron chi connectivity index (χ3n) is 8.52. The highest BCUT2D eigenvalue weighted by molar-refractivity contribution is 5.92. The number of piperidine rings is 1. The van der Waals surface area contributed by atoms with E-state index in [0.29, 0.717) is 62.4 Å². The van der Waals surface area contributed by atoms with Gasteiger partial charge in [0.2, 0.25) is 17.6 Å². The van der Waals surface area contributed by atoms with Crippen LogP contribution in [0.4, 0.5) is 5.82 Å². The SMILES string of the molecule is CCN1CCN(C(=O)CCn2cnnn2)CCC(=O)NCC2CCCN(C2)c2nc3cc(OC)c(OC)c(OC)c3cc2C1. The Balaban J connectivity index is 1.49. The molecule has 0 aliphatic carbocycles. The van der Waals surface area contributed by atoms with Crippen molar-refractivity contribution in [3.8, 4) is 17.2 Å². The zero-order chi connectivity index (χ0) is 31.1. The van der Waals surface area contributed by atoms with Gasteiger partial charge in [0.05, 0.1) is 33.4 Å². The Bertz CT molecular complexity index is 1430. The number of benzene rings is 1. The molecule has 5 rings (SSSR count). The molecule has 0 radical (unpaired) electrons. The highest BCUT2D eigenvalue weighted by Gasteiger charge is 2.27. The zero-order valence-corrected chi connectivity index (χ0v) is 26.1. The van der Waals surface area contributed by atoms with Gasteiger partial charge < -0.3 is 29.3 Å². The van der Waals surface area contributed by atoms with E-state index in [9.17, 15) is 9.59 Å². The normalized spacial score (nSPS) is 18.6. The van der Waals surface area contributed by atoms with Crippen molar-refractivity contribution in [1.29, 1.82) is 0 Å². The van der Waals surface area contributed by atoms with Gasteiger partial charge in [0.1, 0.15) is 12.1 Å². The van der Waals surface area contributed by atoms with E-state index in [1.807, 2.05) is 6.07 Å². The van der Waals surface area contributed by atoms with Gasteiger partial charge in [0.15, 0.2) is 11.5 Å². The van der Waals surface area contributed by atoms with E-state index in [1.165, 1.54) is 11.0 Å². The molecule has 2 aromatic heterocycles. The first-order valence-electron chi connectivity index (χ1n) is 15.3. The molecule has 2 aliphatic rings. The molecule has 1 fully saturated rings. The van der Waals surface area contributed by atoms with Gasteiger partial charge in [-0.05, 0) is 41.8 Å². The van der Waals surface area contributed by atoms with Crippen molar-refractivity contribution in [2.45, 2.75) is 45.7 Å². The summed E-state index contributed by atoms with van der Waals surface area (Å²) in [5.41, 5.74) is 1.83. The van der Waals surface area contributed by atoms with Gasteiger partial charge >= 0.3 is 0 Å². The lowest BCUT2D eigenvalue weighted by Gasteiger charge is -2.35. The molecule has 238 valence electrons. The van der Waals surface area contributed by atoms with Crippen LogP contribution in [0.15, 0.2) is 18.5 Å². The largest absolute Gasteiger partial charge is 0.493 e. The standard InChI is InChI=1S/C30H43N9O5/c1-5-36-13-14-37(27(41)9-12-39-20-32-34-35-39)11-8-26(40)31-17-21-7-6-10-38(18-21)30-22(19-36)15-23-24(33-30)16-25(42-2)29(44-4)28(23)43-3/h15-16,20-21H,5-14,17-19H2,1-4H3,(H,31,40). The minimum absolute atomic E-state index is 0.0329. The number of hydrogen-bond acceptors (Lipinski definition) is 11. The summed E-state index contributed by atoms with van der Waals surface area (Å²) < 4.78 is 18.7. The maximum Gasteiger partial charge on any atom is 0.224 e. The molecule has 0 saturated carbocycles. The Morgan fingerprint density at radius 2 is 1.91 bits per heavy atom. The molecule has 2 aliphatic heterocycles. The van der Waals surface area contributed by atoms with Crippen molar-refractivity contribution in [3.05, 3.63) is 24.0 Å². The first kappa shape index (κ1) is 31.2. The molecule has 2 bridgehead atoms. The van der Waals surface area contributed by atoms with Crippen molar-refractivity contribution in [1.82, 2.24) is 40.3 Å². The maximum absolute atomic E-state index is 13.3. The van der Waals surface area contributed by atoms with Gasteiger partial charge in [-0.1, -0.05) is 6.92 Å². The summed E-state index contributed by atoms with van der Waals surface area (Å²) in [6, 6.07) is 4.05. The number of aryl methyl sites for hydroxylation is 1. The molecule has 14 heteroatoms. The topological polar surface area (TPSA) is 140 Å². The lowest BCUT2D eigenvalue weighted by atomic mass is 9.97. The average Bonchev–Trinajstić information content (AvgIpc) is 3.58. The fraction of sp³-hybridized carbons (Fsp3) is 0.600. The summed E-state index contributed by atoms with van der Waals surface area (Å²) in [6.07, 6.45) is 4.04. The number of fused-ring (bicyclic) bond motifs is 5. The second-order valence-electron chi connectivity index (χ2n) is 11.3. The highest BCUT2D eigenvalue weighted by atomic mass is 16.5. The molecule has 1 atom stereocenters. The minimum Gasteiger partial charge on any atom is -0.493 e. The van der Waals surface area contributed by atoms with E-state index in [1.54, 1.807) is 26.2 Å². The summed E-state index contributed by atoms with van der Waals surface area (Å²) in [5.74, 6) is 2.80. The smallest absolute Gasteiger partial charge is 0.224 e. The lowest BCUT2D eigenvalue weighted by Crippen LogP contribution is -2.42. The molecule has 3 aromatic rings. The predicted octanol–water partition coefficient (Wildman–Crippen LogP) is 1.72. The fourth-order valence-electron chi connectivity index (χ4n) is 6.08. The van der Waals surface area contributed by atoms with E-state index >= 15 is 0 Å². The first-order chi connectivity index (χ1) is 21.4. The number of likely N-dealkylation sites (N-methyl/N-ethyl adjacent to an activating group) is 1. The number of ether oxygens (including phenoxy) is 3. The Morgan fingerprint density at radius 1 is 1.07 bits per heavy atom. The molecule has 14 nitrogen and oxygen atoms in total. The van der Waals surface area contributed by atoms with Crippen molar-refractivity contribution in [2.24, 2.45) is 5.92 Å².